The van der Waals surface area contributed by atoms with Crippen LogP contribution in [0.3, 0.4) is 0 Å². The van der Waals surface area contributed by atoms with Gasteiger partial charge in [0, 0.05) is 18.0 Å². The van der Waals surface area contributed by atoms with Gasteiger partial charge in [-0.1, -0.05) is 53.8 Å². The second kappa shape index (κ2) is 8.72. The Morgan fingerprint density at radius 2 is 2.00 bits per heavy atom. The molecule has 0 saturated heterocycles. The van der Waals surface area contributed by atoms with E-state index >= 15 is 0 Å². The third-order valence-electron chi connectivity index (χ3n) is 2.91. The van der Waals surface area contributed by atoms with Crippen LogP contribution in [0.25, 0.3) is 0 Å². The summed E-state index contributed by atoms with van der Waals surface area (Å²) in [5, 5.41) is 12.7. The first kappa shape index (κ1) is 16.7. The van der Waals surface area contributed by atoms with Crippen LogP contribution in [0, 0.1) is 11.8 Å². The molecule has 0 atom stereocenters. The van der Waals surface area contributed by atoms with Crippen LogP contribution < -0.4 is 5.32 Å². The molecule has 4 nitrogen and oxygen atoms in total. The van der Waals surface area contributed by atoms with Crippen molar-refractivity contribution in [2.75, 3.05) is 6.54 Å². The van der Waals surface area contributed by atoms with Gasteiger partial charge >= 0.3 is 6.09 Å². The number of nitrogens with one attached hydrogen (secondary N) is 1. The summed E-state index contributed by atoms with van der Waals surface area (Å²) in [6.07, 6.45) is -0.0481. The zero-order chi connectivity index (χ0) is 16.5. The van der Waals surface area contributed by atoms with Crippen molar-refractivity contribution < 1.29 is 14.6 Å². The predicted octanol–water partition coefficient (Wildman–Crippen LogP) is 3.71. The van der Waals surface area contributed by atoms with Gasteiger partial charge in [0.15, 0.2) is 0 Å². The molecule has 23 heavy (non-hydrogen) atoms. The fraction of sp³-hybridized carbons (Fsp3) is 0.167. The maximum Gasteiger partial charge on any atom is 0.407 e. The highest BCUT2D eigenvalue weighted by molar-refractivity contribution is 6.30. The highest BCUT2D eigenvalue weighted by atomic mass is 35.5. The Balaban J connectivity index is 1.70. The minimum atomic E-state index is -0.485. The van der Waals surface area contributed by atoms with E-state index in [1.807, 2.05) is 30.3 Å². The van der Waals surface area contributed by atoms with Gasteiger partial charge in [-0.2, -0.15) is 0 Å². The van der Waals surface area contributed by atoms with Crippen molar-refractivity contribution in [2.45, 2.75) is 13.0 Å². The Bertz CT molecular complexity index is 720. The van der Waals surface area contributed by atoms with E-state index in [1.54, 1.807) is 12.1 Å². The van der Waals surface area contributed by atoms with Crippen molar-refractivity contribution >= 4 is 17.7 Å². The molecule has 0 aliphatic heterocycles. The summed E-state index contributed by atoms with van der Waals surface area (Å²) in [6.45, 7) is 0.594. The number of carbonyl (C=O) groups is 1. The van der Waals surface area contributed by atoms with Crippen molar-refractivity contribution in [3.8, 4) is 17.6 Å². The number of amides is 1. The Morgan fingerprint density at radius 3 is 2.78 bits per heavy atom. The van der Waals surface area contributed by atoms with Gasteiger partial charge in [-0.05, 0) is 23.8 Å². The number of carbonyl (C=O) groups excluding carboxylic acids is 1. The summed E-state index contributed by atoms with van der Waals surface area (Å²) >= 11 is 5.83. The first-order chi connectivity index (χ1) is 11.1. The lowest BCUT2D eigenvalue weighted by Crippen LogP contribution is -2.24. The average molecular weight is 330 g/mol. The van der Waals surface area contributed by atoms with Crippen LogP contribution in [0.2, 0.25) is 5.02 Å². The molecule has 2 aromatic rings. The first-order valence-electron chi connectivity index (χ1n) is 7.07. The van der Waals surface area contributed by atoms with E-state index in [1.165, 1.54) is 6.07 Å². The predicted molar refractivity (Wildman–Crippen MR) is 89.2 cm³/mol. The smallest absolute Gasteiger partial charge is 0.407 e. The van der Waals surface area contributed by atoms with Crippen molar-refractivity contribution in [1.82, 2.24) is 5.32 Å². The molecule has 0 spiro atoms. The van der Waals surface area contributed by atoms with Gasteiger partial charge in [0.2, 0.25) is 0 Å². The van der Waals surface area contributed by atoms with Gasteiger partial charge in [-0.25, -0.2) is 4.79 Å². The number of hydrogen-bond donors (Lipinski definition) is 2. The number of benzene rings is 2. The molecule has 0 aliphatic rings. The van der Waals surface area contributed by atoms with Crippen LogP contribution >= 0.6 is 11.6 Å². The molecule has 2 N–H and O–H groups in total. The minimum Gasteiger partial charge on any atom is -0.507 e. The lowest BCUT2D eigenvalue weighted by atomic mass is 10.2. The molecule has 5 heteroatoms. The van der Waals surface area contributed by atoms with Gasteiger partial charge < -0.3 is 15.2 Å². The maximum absolute atomic E-state index is 11.5. The molecular formula is C18H16ClNO3. The van der Waals surface area contributed by atoms with Crippen LogP contribution in [0.4, 0.5) is 4.79 Å². The van der Waals surface area contributed by atoms with Crippen LogP contribution in [0.5, 0.6) is 5.75 Å². The summed E-state index contributed by atoms with van der Waals surface area (Å²) in [6, 6.07) is 14.1. The van der Waals surface area contributed by atoms with E-state index in [4.69, 9.17) is 16.3 Å². The molecule has 0 bridgehead atoms. The zero-order valence-corrected chi connectivity index (χ0v) is 13.1. The van der Waals surface area contributed by atoms with E-state index in [0.717, 1.165) is 5.56 Å². The lowest BCUT2D eigenvalue weighted by Gasteiger charge is -2.05. The average Bonchev–Trinajstić information content (AvgIpc) is 2.56. The summed E-state index contributed by atoms with van der Waals surface area (Å²) in [7, 11) is 0. The molecular weight excluding hydrogens is 314 g/mol. The number of halogens is 1. The lowest BCUT2D eigenvalue weighted by molar-refractivity contribution is 0.140. The molecule has 2 rings (SSSR count). The van der Waals surface area contributed by atoms with Crippen LogP contribution in [-0.4, -0.2) is 17.7 Å². The number of alkyl carbamates (subject to hydrolysis) is 1. The highest BCUT2D eigenvalue weighted by Gasteiger charge is 2.01. The quantitative estimate of drug-likeness (QED) is 0.664. The number of aromatic hydroxyl groups is 1. The van der Waals surface area contributed by atoms with Gasteiger partial charge in [0.05, 0.1) is 5.56 Å². The number of rotatable bonds is 4. The Labute approximate surface area is 140 Å². The Hall–Kier alpha value is -2.64. The minimum absolute atomic E-state index is 0.0807. The number of hydrogen-bond acceptors (Lipinski definition) is 3. The summed E-state index contributed by atoms with van der Waals surface area (Å²) in [5.41, 5.74) is 1.39. The van der Waals surface area contributed by atoms with E-state index < -0.39 is 6.09 Å². The summed E-state index contributed by atoms with van der Waals surface area (Å²) in [4.78, 5) is 11.5. The number of phenols is 1. The van der Waals surface area contributed by atoms with Gasteiger partial charge in [-0.3, -0.25) is 0 Å². The van der Waals surface area contributed by atoms with Crippen molar-refractivity contribution in [1.29, 1.82) is 0 Å². The monoisotopic (exact) mass is 329 g/mol. The number of phenolic OH excluding ortho intramolecular Hbond substituents is 1. The molecule has 0 saturated carbocycles. The van der Waals surface area contributed by atoms with E-state index in [2.05, 4.69) is 17.2 Å². The molecule has 0 aliphatic carbocycles. The second-order valence-corrected chi connectivity index (χ2v) is 5.14. The Morgan fingerprint density at radius 1 is 1.22 bits per heavy atom. The molecule has 2 aromatic carbocycles. The molecule has 0 fully saturated rings. The normalized spacial score (nSPS) is 9.61. The fourth-order valence-corrected chi connectivity index (χ4v) is 1.94. The molecule has 0 radical (unpaired) electrons. The molecule has 0 heterocycles. The van der Waals surface area contributed by atoms with Gasteiger partial charge in [-0.15, -0.1) is 0 Å². The van der Waals surface area contributed by atoms with E-state index in [-0.39, 0.29) is 12.4 Å². The fourth-order valence-electron chi connectivity index (χ4n) is 1.77. The summed E-state index contributed by atoms with van der Waals surface area (Å²) < 4.78 is 5.07. The van der Waals surface area contributed by atoms with Gasteiger partial charge in [0.25, 0.3) is 0 Å². The second-order valence-electron chi connectivity index (χ2n) is 4.70. The van der Waals surface area contributed by atoms with Crippen molar-refractivity contribution in [3.63, 3.8) is 0 Å². The van der Waals surface area contributed by atoms with Gasteiger partial charge in [0.1, 0.15) is 12.4 Å². The third-order valence-corrected chi connectivity index (χ3v) is 3.15. The maximum atomic E-state index is 11.5. The SMILES string of the molecule is O=C(NCCC#Cc1cc(Cl)ccc1O)OCc1ccccc1. The topological polar surface area (TPSA) is 58.6 Å². The molecule has 0 aromatic heterocycles. The standard InChI is InChI=1S/C18H16ClNO3/c19-16-9-10-17(21)15(12-16)8-4-5-11-20-18(22)23-13-14-6-2-1-3-7-14/h1-3,6-7,9-10,12,21H,5,11,13H2,(H,20,22). The Kier molecular flexibility index (Phi) is 6.34. The van der Waals surface area contributed by atoms with E-state index in [0.29, 0.717) is 23.6 Å². The first-order valence-corrected chi connectivity index (χ1v) is 7.45. The highest BCUT2D eigenvalue weighted by Crippen LogP contribution is 2.20. The molecule has 118 valence electrons. The van der Waals surface area contributed by atoms with Crippen LogP contribution in [0.15, 0.2) is 48.5 Å². The molecule has 0 unspecified atom stereocenters. The van der Waals surface area contributed by atoms with E-state index in [9.17, 15) is 9.90 Å². The largest absolute Gasteiger partial charge is 0.507 e. The zero-order valence-electron chi connectivity index (χ0n) is 12.4. The van der Waals surface area contributed by atoms with Crippen LogP contribution in [0.1, 0.15) is 17.5 Å². The van der Waals surface area contributed by atoms with Crippen molar-refractivity contribution in [3.05, 3.63) is 64.7 Å². The van der Waals surface area contributed by atoms with Crippen LogP contribution in [-0.2, 0) is 11.3 Å². The summed E-state index contributed by atoms with van der Waals surface area (Å²) in [5.74, 6) is 5.75. The third kappa shape index (κ3) is 5.93. The number of ether oxygens (including phenoxy) is 1. The van der Waals surface area contributed by atoms with Crippen molar-refractivity contribution in [2.24, 2.45) is 0 Å². The molecule has 1 amide bonds.